The Balaban J connectivity index is 1.51. The lowest BCUT2D eigenvalue weighted by molar-refractivity contribution is -0.148. The van der Waals surface area contributed by atoms with Gasteiger partial charge in [0.05, 0.1) is 12.8 Å². The molecule has 1 atom stereocenters. The van der Waals surface area contributed by atoms with E-state index in [2.05, 4.69) is 10.3 Å². The Hall–Kier alpha value is -4.14. The van der Waals surface area contributed by atoms with E-state index in [1.807, 2.05) is 30.3 Å². The summed E-state index contributed by atoms with van der Waals surface area (Å²) in [5.74, 6) is -2.70. The molecule has 9 heteroatoms. The largest absolute Gasteiger partial charge is 0.481 e. The summed E-state index contributed by atoms with van der Waals surface area (Å²) >= 11 is 0. The lowest BCUT2D eigenvalue weighted by Crippen LogP contribution is -2.44. The summed E-state index contributed by atoms with van der Waals surface area (Å²) < 4.78 is 10.0. The number of nitrogens with one attached hydrogen (secondary N) is 2. The van der Waals surface area contributed by atoms with Gasteiger partial charge in [0.15, 0.2) is 12.4 Å². The number of alkyl carbamates (subject to hydrolysis) is 1. The first-order valence-electron chi connectivity index (χ1n) is 9.84. The van der Waals surface area contributed by atoms with Crippen molar-refractivity contribution in [2.24, 2.45) is 0 Å². The third kappa shape index (κ3) is 6.43. The third-order valence-electron chi connectivity index (χ3n) is 4.66. The molecule has 1 unspecified atom stereocenters. The van der Waals surface area contributed by atoms with Crippen molar-refractivity contribution >= 4 is 34.7 Å². The van der Waals surface area contributed by atoms with Crippen molar-refractivity contribution < 1.29 is 33.8 Å². The maximum Gasteiger partial charge on any atom is 0.408 e. The molecule has 1 heterocycles. The summed E-state index contributed by atoms with van der Waals surface area (Å²) in [6, 6.07) is 14.9. The van der Waals surface area contributed by atoms with Crippen molar-refractivity contribution in [2.45, 2.75) is 25.5 Å². The number of hydrogen-bond acceptors (Lipinski definition) is 6. The normalized spacial score (nSPS) is 11.5. The third-order valence-corrected chi connectivity index (χ3v) is 4.66. The first kappa shape index (κ1) is 22.5. The summed E-state index contributed by atoms with van der Waals surface area (Å²) in [6.07, 6.45) is 0.0106. The number of amides is 1. The van der Waals surface area contributed by atoms with E-state index in [1.54, 1.807) is 30.5 Å². The van der Waals surface area contributed by atoms with Gasteiger partial charge in [-0.25, -0.2) is 4.79 Å². The number of rotatable bonds is 10. The first-order chi connectivity index (χ1) is 15.4. The number of carboxylic acid groups (broad SMARTS) is 1. The maximum absolute atomic E-state index is 12.4. The van der Waals surface area contributed by atoms with Crippen LogP contribution < -0.4 is 5.32 Å². The molecule has 0 spiro atoms. The van der Waals surface area contributed by atoms with E-state index in [0.717, 1.165) is 16.5 Å². The van der Waals surface area contributed by atoms with Gasteiger partial charge in [0.1, 0.15) is 12.6 Å². The van der Waals surface area contributed by atoms with Crippen LogP contribution in [0.25, 0.3) is 10.9 Å². The average Bonchev–Trinajstić information content (AvgIpc) is 3.19. The van der Waals surface area contributed by atoms with Crippen LogP contribution >= 0.6 is 0 Å². The zero-order chi connectivity index (χ0) is 22.9. The van der Waals surface area contributed by atoms with Crippen molar-refractivity contribution in [3.63, 3.8) is 0 Å². The van der Waals surface area contributed by atoms with Crippen LogP contribution in [0.3, 0.4) is 0 Å². The predicted molar refractivity (Wildman–Crippen MR) is 114 cm³/mol. The SMILES string of the molecule is O=C(O)CC(NC(=O)OCc1ccccc1)C(=O)COC(=O)Cc1c[nH]c2ccccc12. The number of hydrogen-bond donors (Lipinski definition) is 3. The molecular formula is C23H22N2O7. The number of para-hydroxylation sites is 1. The van der Waals surface area contributed by atoms with E-state index < -0.39 is 42.9 Å². The molecule has 0 aliphatic rings. The molecule has 0 bridgehead atoms. The average molecular weight is 438 g/mol. The number of aromatic nitrogens is 1. The molecule has 3 aromatic rings. The zero-order valence-corrected chi connectivity index (χ0v) is 17.1. The van der Waals surface area contributed by atoms with Crippen molar-refractivity contribution in [2.75, 3.05) is 6.61 Å². The van der Waals surface area contributed by atoms with Gasteiger partial charge < -0.3 is 24.9 Å². The number of carbonyl (C=O) groups excluding carboxylic acids is 3. The number of benzene rings is 2. The summed E-state index contributed by atoms with van der Waals surface area (Å²) in [6.45, 7) is -0.710. The highest BCUT2D eigenvalue weighted by atomic mass is 16.5. The molecule has 3 N–H and O–H groups in total. The summed E-state index contributed by atoms with van der Waals surface area (Å²) in [4.78, 5) is 50.7. The number of esters is 1. The zero-order valence-electron chi connectivity index (χ0n) is 17.1. The number of carboxylic acids is 1. The van der Waals surface area contributed by atoms with Crippen LogP contribution in [0.4, 0.5) is 4.79 Å². The van der Waals surface area contributed by atoms with Crippen molar-refractivity contribution in [1.29, 1.82) is 0 Å². The second-order valence-electron chi connectivity index (χ2n) is 7.02. The Bertz CT molecular complexity index is 1110. The van der Waals surface area contributed by atoms with Crippen molar-refractivity contribution in [1.82, 2.24) is 10.3 Å². The highest BCUT2D eigenvalue weighted by molar-refractivity contribution is 5.93. The second kappa shape index (κ2) is 10.8. The molecule has 0 radical (unpaired) electrons. The Morgan fingerprint density at radius 2 is 1.69 bits per heavy atom. The van der Waals surface area contributed by atoms with Gasteiger partial charge in [0, 0.05) is 17.1 Å². The van der Waals surface area contributed by atoms with Crippen LogP contribution in [-0.4, -0.2) is 46.6 Å². The molecule has 0 saturated heterocycles. The lowest BCUT2D eigenvalue weighted by Gasteiger charge is -2.16. The minimum absolute atomic E-state index is 0.0414. The first-order valence-corrected chi connectivity index (χ1v) is 9.84. The Kier molecular flexibility index (Phi) is 7.58. The monoisotopic (exact) mass is 438 g/mol. The van der Waals surface area contributed by atoms with E-state index in [1.165, 1.54) is 0 Å². The molecule has 0 aliphatic carbocycles. The Morgan fingerprint density at radius 1 is 0.969 bits per heavy atom. The van der Waals surface area contributed by atoms with Gasteiger partial charge in [-0.2, -0.15) is 0 Å². The van der Waals surface area contributed by atoms with Gasteiger partial charge in [0.2, 0.25) is 0 Å². The molecule has 9 nitrogen and oxygen atoms in total. The van der Waals surface area contributed by atoms with E-state index in [9.17, 15) is 19.2 Å². The number of ketones is 1. The molecule has 3 rings (SSSR count). The summed E-state index contributed by atoms with van der Waals surface area (Å²) in [7, 11) is 0. The number of H-pyrrole nitrogens is 1. The highest BCUT2D eigenvalue weighted by Crippen LogP contribution is 2.18. The fraction of sp³-hybridized carbons (Fsp3) is 0.217. The minimum Gasteiger partial charge on any atom is -0.481 e. The van der Waals surface area contributed by atoms with Gasteiger partial charge in [-0.1, -0.05) is 48.5 Å². The van der Waals surface area contributed by atoms with Gasteiger partial charge in [-0.3, -0.25) is 14.4 Å². The van der Waals surface area contributed by atoms with Crippen LogP contribution in [-0.2, 0) is 36.9 Å². The lowest BCUT2D eigenvalue weighted by atomic mass is 10.1. The van der Waals surface area contributed by atoms with E-state index >= 15 is 0 Å². The summed E-state index contributed by atoms with van der Waals surface area (Å²) in [5.41, 5.74) is 2.31. The molecule has 166 valence electrons. The minimum atomic E-state index is -1.39. The standard InChI is InChI=1S/C23H22N2O7/c26-20(14-31-22(29)10-16-12-24-18-9-5-4-8-17(16)18)19(11-21(27)28)25-23(30)32-13-15-6-2-1-3-7-15/h1-9,12,19,24H,10-11,13-14H2,(H,25,30)(H,27,28). The molecule has 32 heavy (non-hydrogen) atoms. The number of Topliss-reactive ketones (excluding diaryl/α,β-unsaturated/α-hetero) is 1. The fourth-order valence-corrected chi connectivity index (χ4v) is 3.06. The van der Waals surface area contributed by atoms with Crippen LogP contribution in [0.2, 0.25) is 0 Å². The number of aliphatic carboxylic acids is 1. The van der Waals surface area contributed by atoms with Crippen LogP contribution in [0.15, 0.2) is 60.8 Å². The van der Waals surface area contributed by atoms with Gasteiger partial charge in [-0.15, -0.1) is 0 Å². The van der Waals surface area contributed by atoms with Crippen molar-refractivity contribution in [3.05, 3.63) is 71.9 Å². The number of fused-ring (bicyclic) bond motifs is 1. The molecule has 2 aromatic carbocycles. The van der Waals surface area contributed by atoms with Crippen LogP contribution in [0.1, 0.15) is 17.5 Å². The van der Waals surface area contributed by atoms with Gasteiger partial charge >= 0.3 is 18.0 Å². The topological polar surface area (TPSA) is 135 Å². The number of carbonyl (C=O) groups is 4. The van der Waals surface area contributed by atoms with Gasteiger partial charge in [0.25, 0.3) is 0 Å². The Morgan fingerprint density at radius 3 is 2.44 bits per heavy atom. The predicted octanol–water partition coefficient (Wildman–Crippen LogP) is 2.59. The van der Waals surface area contributed by atoms with E-state index in [0.29, 0.717) is 5.56 Å². The molecule has 1 amide bonds. The fourth-order valence-electron chi connectivity index (χ4n) is 3.06. The summed E-state index contributed by atoms with van der Waals surface area (Å²) in [5, 5.41) is 12.1. The number of ether oxygens (including phenoxy) is 2. The van der Waals surface area contributed by atoms with Crippen LogP contribution in [0.5, 0.6) is 0 Å². The van der Waals surface area contributed by atoms with Crippen LogP contribution in [0, 0.1) is 0 Å². The molecule has 0 saturated carbocycles. The second-order valence-corrected chi connectivity index (χ2v) is 7.02. The molecule has 0 aliphatic heterocycles. The maximum atomic E-state index is 12.4. The molecular weight excluding hydrogens is 416 g/mol. The number of aromatic amines is 1. The quantitative estimate of drug-likeness (QED) is 0.414. The van der Waals surface area contributed by atoms with Crippen molar-refractivity contribution in [3.8, 4) is 0 Å². The molecule has 0 fully saturated rings. The Labute approximate surface area is 183 Å². The molecule has 1 aromatic heterocycles. The van der Waals surface area contributed by atoms with Gasteiger partial charge in [-0.05, 0) is 17.2 Å². The van der Waals surface area contributed by atoms with E-state index in [-0.39, 0.29) is 13.0 Å². The van der Waals surface area contributed by atoms with E-state index in [4.69, 9.17) is 14.6 Å². The highest BCUT2D eigenvalue weighted by Gasteiger charge is 2.25. The smallest absolute Gasteiger partial charge is 0.408 e.